The lowest BCUT2D eigenvalue weighted by atomic mass is 10.2. The predicted molar refractivity (Wildman–Crippen MR) is 120 cm³/mol. The van der Waals surface area contributed by atoms with Gasteiger partial charge in [-0.25, -0.2) is 14.8 Å². The average molecular weight is 446 g/mol. The Morgan fingerprint density at radius 1 is 1.17 bits per heavy atom. The highest BCUT2D eigenvalue weighted by Crippen LogP contribution is 2.27. The van der Waals surface area contributed by atoms with Crippen molar-refractivity contribution >= 4 is 52.0 Å². The number of methoxy groups -OCH3 is 1. The second-order valence-electron chi connectivity index (χ2n) is 6.46. The summed E-state index contributed by atoms with van der Waals surface area (Å²) in [7, 11) is 1.57. The second kappa shape index (κ2) is 9.78. The number of nitrogens with one attached hydrogen (secondary N) is 1. The molecule has 3 aromatic rings. The molecule has 0 bridgehead atoms. The van der Waals surface area contributed by atoms with Gasteiger partial charge in [-0.1, -0.05) is 29.3 Å². The predicted octanol–water partition coefficient (Wildman–Crippen LogP) is 5.52. The monoisotopic (exact) mass is 445 g/mol. The summed E-state index contributed by atoms with van der Waals surface area (Å²) in [5.41, 5.74) is 2.07. The molecule has 1 aromatic heterocycles. The lowest BCUT2D eigenvalue weighted by Crippen LogP contribution is -2.07. The SMILES string of the molecule is CCOC(=O)C(C)=Cc1nc(NCc2ccc(OC)c(Cl)c2)c2cc(Cl)ccc2n1. The molecule has 0 saturated heterocycles. The number of carbonyl (C=O) groups excluding carboxylic acids is 1. The van der Waals surface area contributed by atoms with E-state index >= 15 is 0 Å². The zero-order valence-electron chi connectivity index (χ0n) is 16.8. The van der Waals surface area contributed by atoms with Crippen LogP contribution in [0.4, 0.5) is 5.82 Å². The molecule has 0 amide bonds. The van der Waals surface area contributed by atoms with Gasteiger partial charge in [-0.15, -0.1) is 0 Å². The van der Waals surface area contributed by atoms with Gasteiger partial charge in [0.15, 0.2) is 5.82 Å². The maximum absolute atomic E-state index is 11.9. The molecule has 2 aromatic carbocycles. The number of carbonyl (C=O) groups is 1. The molecule has 0 spiro atoms. The third-order valence-corrected chi connectivity index (χ3v) is 4.82. The molecule has 156 valence electrons. The van der Waals surface area contributed by atoms with Crippen LogP contribution in [0, 0.1) is 0 Å². The zero-order valence-corrected chi connectivity index (χ0v) is 18.3. The minimum absolute atomic E-state index is 0.304. The van der Waals surface area contributed by atoms with Crippen LogP contribution in [0.2, 0.25) is 10.0 Å². The lowest BCUT2D eigenvalue weighted by molar-refractivity contribution is -0.138. The van der Waals surface area contributed by atoms with Crippen LogP contribution in [0.15, 0.2) is 42.0 Å². The first-order valence-corrected chi connectivity index (χ1v) is 10.1. The Bertz CT molecular complexity index is 1120. The molecule has 0 saturated carbocycles. The van der Waals surface area contributed by atoms with Crippen LogP contribution in [0.25, 0.3) is 17.0 Å². The summed E-state index contributed by atoms with van der Waals surface area (Å²) >= 11 is 12.4. The summed E-state index contributed by atoms with van der Waals surface area (Å²) in [5.74, 6) is 1.20. The first kappa shape index (κ1) is 21.9. The van der Waals surface area contributed by atoms with Gasteiger partial charge in [0, 0.05) is 22.5 Å². The molecular weight excluding hydrogens is 425 g/mol. The summed E-state index contributed by atoms with van der Waals surface area (Å²) in [6.07, 6.45) is 1.60. The number of hydrogen-bond donors (Lipinski definition) is 1. The first-order valence-electron chi connectivity index (χ1n) is 9.30. The standard InChI is InChI=1S/C22H21Cl2N3O3/c1-4-30-22(28)13(2)9-20-26-18-7-6-15(23)11-16(18)21(27-20)25-12-14-5-8-19(29-3)17(24)10-14/h5-11H,4,12H2,1-3H3,(H,25,26,27). The fourth-order valence-corrected chi connectivity index (χ4v) is 3.27. The summed E-state index contributed by atoms with van der Waals surface area (Å²) in [6.45, 7) is 4.20. The highest BCUT2D eigenvalue weighted by Gasteiger charge is 2.11. The van der Waals surface area contributed by atoms with Crippen molar-refractivity contribution in [2.75, 3.05) is 19.0 Å². The van der Waals surface area contributed by atoms with Gasteiger partial charge >= 0.3 is 5.97 Å². The zero-order chi connectivity index (χ0) is 21.7. The van der Waals surface area contributed by atoms with Crippen molar-refractivity contribution in [1.29, 1.82) is 0 Å². The summed E-state index contributed by atoms with van der Waals surface area (Å²) < 4.78 is 10.2. The van der Waals surface area contributed by atoms with Crippen LogP contribution in [0.5, 0.6) is 5.75 Å². The molecule has 0 aliphatic carbocycles. The molecule has 0 aliphatic rings. The normalized spacial score (nSPS) is 11.4. The van der Waals surface area contributed by atoms with Gasteiger partial charge in [-0.3, -0.25) is 0 Å². The third-order valence-electron chi connectivity index (χ3n) is 4.29. The summed E-state index contributed by atoms with van der Waals surface area (Å²) in [6, 6.07) is 10.9. The van der Waals surface area contributed by atoms with E-state index in [0.717, 1.165) is 10.9 Å². The Kier molecular flexibility index (Phi) is 7.13. The fourth-order valence-electron chi connectivity index (χ4n) is 2.82. The Labute approximate surface area is 184 Å². The van der Waals surface area contributed by atoms with E-state index in [9.17, 15) is 4.79 Å². The number of esters is 1. The summed E-state index contributed by atoms with van der Waals surface area (Å²) in [5, 5.41) is 5.19. The molecule has 0 radical (unpaired) electrons. The number of benzene rings is 2. The molecule has 30 heavy (non-hydrogen) atoms. The van der Waals surface area contributed by atoms with Crippen LogP contribution in [-0.2, 0) is 16.1 Å². The molecule has 3 rings (SSSR count). The average Bonchev–Trinajstić information content (AvgIpc) is 2.72. The van der Waals surface area contributed by atoms with Gasteiger partial charge in [0.1, 0.15) is 11.6 Å². The van der Waals surface area contributed by atoms with Gasteiger partial charge in [-0.2, -0.15) is 0 Å². The minimum Gasteiger partial charge on any atom is -0.495 e. The van der Waals surface area contributed by atoms with Crippen molar-refractivity contribution in [3.05, 3.63) is 63.4 Å². The lowest BCUT2D eigenvalue weighted by Gasteiger charge is -2.12. The van der Waals surface area contributed by atoms with E-state index in [4.69, 9.17) is 32.7 Å². The van der Waals surface area contributed by atoms with Crippen molar-refractivity contribution in [1.82, 2.24) is 9.97 Å². The van der Waals surface area contributed by atoms with Gasteiger partial charge in [0.05, 0.1) is 24.3 Å². The number of halogens is 2. The van der Waals surface area contributed by atoms with E-state index < -0.39 is 5.97 Å². The molecule has 0 unspecified atom stereocenters. The van der Waals surface area contributed by atoms with Gasteiger partial charge in [-0.05, 0) is 55.8 Å². The Balaban J connectivity index is 1.95. The summed E-state index contributed by atoms with van der Waals surface area (Å²) in [4.78, 5) is 21.0. The van der Waals surface area contributed by atoms with Crippen LogP contribution in [0.1, 0.15) is 25.2 Å². The molecule has 6 nitrogen and oxygen atoms in total. The molecule has 1 heterocycles. The molecule has 0 atom stereocenters. The number of nitrogens with zero attached hydrogens (tertiary/aromatic N) is 2. The number of rotatable bonds is 7. The Morgan fingerprint density at radius 3 is 2.67 bits per heavy atom. The number of hydrogen-bond acceptors (Lipinski definition) is 6. The second-order valence-corrected chi connectivity index (χ2v) is 7.31. The molecule has 8 heteroatoms. The quantitative estimate of drug-likeness (QED) is 0.380. The smallest absolute Gasteiger partial charge is 0.333 e. The number of anilines is 1. The Hall–Kier alpha value is -2.83. The highest BCUT2D eigenvalue weighted by atomic mass is 35.5. The fraction of sp³-hybridized carbons (Fsp3) is 0.227. The van der Waals surface area contributed by atoms with Crippen LogP contribution in [-0.4, -0.2) is 29.7 Å². The van der Waals surface area contributed by atoms with E-state index in [0.29, 0.717) is 51.7 Å². The molecule has 1 N–H and O–H groups in total. The number of aromatic nitrogens is 2. The Morgan fingerprint density at radius 2 is 1.97 bits per heavy atom. The number of ether oxygens (including phenoxy) is 2. The first-order chi connectivity index (χ1) is 14.4. The molecule has 0 aliphatic heterocycles. The van der Waals surface area contributed by atoms with E-state index in [1.54, 1.807) is 39.2 Å². The van der Waals surface area contributed by atoms with E-state index in [-0.39, 0.29) is 0 Å². The molecule has 0 fully saturated rings. The van der Waals surface area contributed by atoms with E-state index in [1.165, 1.54) is 0 Å². The highest BCUT2D eigenvalue weighted by molar-refractivity contribution is 6.32. The topological polar surface area (TPSA) is 73.3 Å². The third kappa shape index (κ3) is 5.20. The van der Waals surface area contributed by atoms with Gasteiger partial charge < -0.3 is 14.8 Å². The molecular formula is C22H21Cl2N3O3. The van der Waals surface area contributed by atoms with Crippen LogP contribution < -0.4 is 10.1 Å². The van der Waals surface area contributed by atoms with E-state index in [1.807, 2.05) is 24.3 Å². The maximum atomic E-state index is 11.9. The van der Waals surface area contributed by atoms with Crippen molar-refractivity contribution in [3.63, 3.8) is 0 Å². The van der Waals surface area contributed by atoms with Crippen molar-refractivity contribution in [2.45, 2.75) is 20.4 Å². The number of fused-ring (bicyclic) bond motifs is 1. The van der Waals surface area contributed by atoms with Crippen molar-refractivity contribution in [2.24, 2.45) is 0 Å². The maximum Gasteiger partial charge on any atom is 0.333 e. The largest absolute Gasteiger partial charge is 0.495 e. The van der Waals surface area contributed by atoms with Crippen LogP contribution >= 0.6 is 23.2 Å². The van der Waals surface area contributed by atoms with Gasteiger partial charge in [0.2, 0.25) is 0 Å². The van der Waals surface area contributed by atoms with Crippen molar-refractivity contribution < 1.29 is 14.3 Å². The van der Waals surface area contributed by atoms with Crippen LogP contribution in [0.3, 0.4) is 0 Å². The minimum atomic E-state index is -0.403. The van der Waals surface area contributed by atoms with E-state index in [2.05, 4.69) is 15.3 Å². The van der Waals surface area contributed by atoms with Gasteiger partial charge in [0.25, 0.3) is 0 Å². The van der Waals surface area contributed by atoms with Crippen molar-refractivity contribution in [3.8, 4) is 5.75 Å².